The van der Waals surface area contributed by atoms with E-state index in [0.717, 1.165) is 62.4 Å². The van der Waals surface area contributed by atoms with Crippen LogP contribution in [0.3, 0.4) is 0 Å². The van der Waals surface area contributed by atoms with Gasteiger partial charge >= 0.3 is 0 Å². The van der Waals surface area contributed by atoms with Crippen molar-refractivity contribution in [3.8, 4) is 56.4 Å². The maximum Gasteiger partial charge on any atom is 0.164 e. The van der Waals surface area contributed by atoms with Crippen molar-refractivity contribution < 1.29 is 0 Å². The van der Waals surface area contributed by atoms with Gasteiger partial charge in [0.2, 0.25) is 0 Å². The van der Waals surface area contributed by atoms with Crippen molar-refractivity contribution in [3.63, 3.8) is 0 Å². The summed E-state index contributed by atoms with van der Waals surface area (Å²) >= 11 is 0. The van der Waals surface area contributed by atoms with E-state index in [1.807, 2.05) is 66.7 Å². The summed E-state index contributed by atoms with van der Waals surface area (Å²) in [4.78, 5) is 17.1. The van der Waals surface area contributed by atoms with E-state index < -0.39 is 0 Å². The highest BCUT2D eigenvalue weighted by molar-refractivity contribution is 5.88. The van der Waals surface area contributed by atoms with Gasteiger partial charge in [-0.2, -0.15) is 0 Å². The Morgan fingerprint density at radius 3 is 1.79 bits per heavy atom. The molecule has 0 saturated carbocycles. The number of anilines is 4. The van der Waals surface area contributed by atoms with Crippen LogP contribution in [0.1, 0.15) is 13.3 Å². The Morgan fingerprint density at radius 1 is 0.542 bits per heavy atom. The van der Waals surface area contributed by atoms with Crippen LogP contribution in [0.25, 0.3) is 56.4 Å². The third kappa shape index (κ3) is 5.54. The number of fused-ring (bicyclic) bond motifs is 1. The van der Waals surface area contributed by atoms with E-state index in [-0.39, 0.29) is 6.17 Å². The molecular formula is C42H34N6. The predicted octanol–water partition coefficient (Wildman–Crippen LogP) is 10.1. The molecule has 1 unspecified atom stereocenters. The molecule has 2 heterocycles. The Labute approximate surface area is 280 Å². The molecule has 0 aliphatic carbocycles. The molecule has 6 heteroatoms. The first-order valence-corrected chi connectivity index (χ1v) is 16.3. The van der Waals surface area contributed by atoms with Crippen molar-refractivity contribution >= 4 is 22.7 Å². The van der Waals surface area contributed by atoms with Crippen LogP contribution >= 0.6 is 0 Å². The zero-order valence-electron chi connectivity index (χ0n) is 26.6. The molecule has 8 rings (SSSR count). The third-order valence-corrected chi connectivity index (χ3v) is 8.82. The molecule has 1 aromatic heterocycles. The monoisotopic (exact) mass is 622 g/mol. The van der Waals surface area contributed by atoms with E-state index in [1.54, 1.807) is 0 Å². The van der Waals surface area contributed by atoms with Gasteiger partial charge in [-0.1, -0.05) is 116 Å². The zero-order valence-corrected chi connectivity index (χ0v) is 26.6. The lowest BCUT2D eigenvalue weighted by atomic mass is 9.93. The van der Waals surface area contributed by atoms with Gasteiger partial charge in [0.25, 0.3) is 0 Å². The normalized spacial score (nSPS) is 13.6. The molecule has 1 aliphatic rings. The van der Waals surface area contributed by atoms with Gasteiger partial charge in [0.05, 0.1) is 11.4 Å². The van der Waals surface area contributed by atoms with Gasteiger partial charge in [0.15, 0.2) is 17.5 Å². The maximum atomic E-state index is 6.38. The standard InChI is InChI=1S/C42H34N6/c1-2-39-44-37-18-9-10-19-38(37)48(39)34-23-20-28(21-24-34)36-27-33(43)22-25-35(36)31-16-11-17-32(26-31)42-46-40(29-12-5-3-6-13-29)45-41(47-42)30-14-7-4-8-15-30/h3-27,39,44H,2,43H2,1H3. The van der Waals surface area contributed by atoms with Crippen LogP contribution in [0.4, 0.5) is 22.7 Å². The summed E-state index contributed by atoms with van der Waals surface area (Å²) in [5.74, 6) is 1.90. The number of nitrogens with zero attached hydrogens (tertiary/aromatic N) is 4. The molecule has 1 aliphatic heterocycles. The lowest BCUT2D eigenvalue weighted by molar-refractivity contribution is 0.728. The molecule has 48 heavy (non-hydrogen) atoms. The highest BCUT2D eigenvalue weighted by Crippen LogP contribution is 2.42. The number of nitrogens with two attached hydrogens (primary N) is 1. The Morgan fingerprint density at radius 2 is 1.12 bits per heavy atom. The van der Waals surface area contributed by atoms with Crippen molar-refractivity contribution in [2.75, 3.05) is 16.0 Å². The summed E-state index contributed by atoms with van der Waals surface area (Å²) in [7, 11) is 0. The van der Waals surface area contributed by atoms with Gasteiger partial charge in [-0.05, 0) is 71.1 Å². The average molecular weight is 623 g/mol. The van der Waals surface area contributed by atoms with Crippen LogP contribution in [-0.2, 0) is 0 Å². The van der Waals surface area contributed by atoms with Gasteiger partial charge < -0.3 is 16.0 Å². The fraction of sp³-hybridized carbons (Fsp3) is 0.0714. The van der Waals surface area contributed by atoms with Crippen molar-refractivity contribution in [2.24, 2.45) is 0 Å². The molecule has 1 atom stereocenters. The molecule has 0 bridgehead atoms. The molecule has 6 nitrogen and oxygen atoms in total. The molecule has 3 N–H and O–H groups in total. The number of aromatic nitrogens is 3. The quantitative estimate of drug-likeness (QED) is 0.172. The SMILES string of the molecule is CCC1Nc2ccccc2N1c1ccc(-c2cc(N)ccc2-c2cccc(-c3nc(-c4ccccc4)nc(-c4ccccc4)n3)c2)cc1. The van der Waals surface area contributed by atoms with Crippen LogP contribution in [0.5, 0.6) is 0 Å². The minimum atomic E-state index is 0.208. The first-order chi connectivity index (χ1) is 23.6. The van der Waals surface area contributed by atoms with Gasteiger partial charge in [-0.15, -0.1) is 0 Å². The van der Waals surface area contributed by atoms with Gasteiger partial charge in [0, 0.05) is 28.1 Å². The second kappa shape index (κ2) is 12.5. The third-order valence-electron chi connectivity index (χ3n) is 8.82. The summed E-state index contributed by atoms with van der Waals surface area (Å²) in [6, 6.07) is 51.9. The molecule has 7 aromatic rings. The summed E-state index contributed by atoms with van der Waals surface area (Å²) in [6.45, 7) is 2.21. The van der Waals surface area contributed by atoms with Crippen LogP contribution in [0, 0.1) is 0 Å². The largest absolute Gasteiger partial charge is 0.399 e. The molecule has 0 spiro atoms. The number of nitrogen functional groups attached to an aromatic ring is 1. The molecule has 0 fully saturated rings. The molecule has 0 radical (unpaired) electrons. The summed E-state index contributed by atoms with van der Waals surface area (Å²) in [6.07, 6.45) is 1.19. The molecule has 6 aromatic carbocycles. The molecule has 232 valence electrons. The highest BCUT2D eigenvalue weighted by atomic mass is 15.3. The second-order valence-corrected chi connectivity index (χ2v) is 11.9. The van der Waals surface area contributed by atoms with E-state index in [4.69, 9.17) is 20.7 Å². The molecular weight excluding hydrogens is 589 g/mol. The van der Waals surface area contributed by atoms with Crippen LogP contribution in [0.15, 0.2) is 152 Å². The number of nitrogens with one attached hydrogen (secondary N) is 1. The van der Waals surface area contributed by atoms with E-state index in [9.17, 15) is 0 Å². The average Bonchev–Trinajstić information content (AvgIpc) is 3.54. The Kier molecular flexibility index (Phi) is 7.59. The van der Waals surface area contributed by atoms with Crippen molar-refractivity contribution in [2.45, 2.75) is 19.5 Å². The summed E-state index contributed by atoms with van der Waals surface area (Å²) in [5, 5.41) is 3.66. The highest BCUT2D eigenvalue weighted by Gasteiger charge is 2.28. The number of hydrogen-bond donors (Lipinski definition) is 2. The van der Waals surface area contributed by atoms with Crippen LogP contribution in [-0.4, -0.2) is 21.1 Å². The number of para-hydroxylation sites is 2. The molecule has 0 amide bonds. The second-order valence-electron chi connectivity index (χ2n) is 11.9. The van der Waals surface area contributed by atoms with E-state index in [0.29, 0.717) is 17.5 Å². The fourth-order valence-electron chi connectivity index (χ4n) is 6.44. The molecule has 0 saturated heterocycles. The summed E-state index contributed by atoms with van der Waals surface area (Å²) < 4.78 is 0. The lowest BCUT2D eigenvalue weighted by Crippen LogP contribution is -2.30. The maximum absolute atomic E-state index is 6.38. The van der Waals surface area contributed by atoms with E-state index >= 15 is 0 Å². The Balaban J connectivity index is 1.18. The zero-order chi connectivity index (χ0) is 32.5. The lowest BCUT2D eigenvalue weighted by Gasteiger charge is -2.26. The van der Waals surface area contributed by atoms with Crippen LogP contribution < -0.4 is 16.0 Å². The van der Waals surface area contributed by atoms with Crippen molar-refractivity contribution in [1.82, 2.24) is 15.0 Å². The first-order valence-electron chi connectivity index (χ1n) is 16.3. The predicted molar refractivity (Wildman–Crippen MR) is 198 cm³/mol. The van der Waals surface area contributed by atoms with Gasteiger partial charge in [-0.25, -0.2) is 15.0 Å². The number of hydrogen-bond acceptors (Lipinski definition) is 6. The fourth-order valence-corrected chi connectivity index (χ4v) is 6.44. The van der Waals surface area contributed by atoms with Crippen molar-refractivity contribution in [3.05, 3.63) is 152 Å². The Hall–Kier alpha value is -6.27. The Bertz CT molecular complexity index is 2160. The van der Waals surface area contributed by atoms with Crippen LogP contribution in [0.2, 0.25) is 0 Å². The number of benzene rings is 6. The minimum absolute atomic E-state index is 0.208. The van der Waals surface area contributed by atoms with E-state index in [1.165, 1.54) is 5.69 Å². The number of rotatable bonds is 7. The minimum Gasteiger partial charge on any atom is -0.399 e. The van der Waals surface area contributed by atoms with Gasteiger partial charge in [-0.3, -0.25) is 0 Å². The van der Waals surface area contributed by atoms with E-state index in [2.05, 4.69) is 102 Å². The topological polar surface area (TPSA) is 80.0 Å². The summed E-state index contributed by atoms with van der Waals surface area (Å²) in [5.41, 5.74) is 17.7. The first kappa shape index (κ1) is 29.2. The van der Waals surface area contributed by atoms with Gasteiger partial charge in [0.1, 0.15) is 6.17 Å². The smallest absolute Gasteiger partial charge is 0.164 e. The van der Waals surface area contributed by atoms with Crippen molar-refractivity contribution in [1.29, 1.82) is 0 Å².